The maximum atomic E-state index is 12.2. The molecule has 0 saturated heterocycles. The minimum Gasteiger partial charge on any atom is -0.385 e. The lowest BCUT2D eigenvalue weighted by Crippen LogP contribution is -2.11. The van der Waals surface area contributed by atoms with E-state index < -0.39 is 20.6 Å². The number of nitro groups is 1. The Balaban J connectivity index is 2.38. The van der Waals surface area contributed by atoms with Gasteiger partial charge in [0.05, 0.1) is 15.6 Å². The predicted octanol–water partition coefficient (Wildman–Crippen LogP) is 3.00. The molecule has 2 rings (SSSR count). The molecule has 112 valence electrons. The SMILES string of the molecule is Cc1ccc(NS(=O)(=O)c2cc([N+](=O)[O-])c(N)s2)c(Cl)c1. The van der Waals surface area contributed by atoms with Crippen molar-refractivity contribution in [3.05, 3.63) is 45.0 Å². The molecule has 0 aliphatic rings. The van der Waals surface area contributed by atoms with Crippen molar-refractivity contribution in [2.45, 2.75) is 11.1 Å². The van der Waals surface area contributed by atoms with Gasteiger partial charge >= 0.3 is 5.69 Å². The predicted molar refractivity (Wildman–Crippen MR) is 82.4 cm³/mol. The zero-order valence-electron chi connectivity index (χ0n) is 10.7. The van der Waals surface area contributed by atoms with E-state index in [0.717, 1.165) is 11.6 Å². The van der Waals surface area contributed by atoms with E-state index in [9.17, 15) is 18.5 Å². The van der Waals surface area contributed by atoms with Crippen molar-refractivity contribution in [3.8, 4) is 0 Å². The Morgan fingerprint density at radius 1 is 1.38 bits per heavy atom. The first kappa shape index (κ1) is 15.5. The monoisotopic (exact) mass is 347 g/mol. The number of nitrogen functional groups attached to an aromatic ring is 1. The van der Waals surface area contributed by atoms with Crippen LogP contribution in [0.1, 0.15) is 5.56 Å². The molecule has 0 fully saturated rings. The molecule has 21 heavy (non-hydrogen) atoms. The third-order valence-electron chi connectivity index (χ3n) is 2.55. The van der Waals surface area contributed by atoms with Crippen LogP contribution in [0.2, 0.25) is 5.02 Å². The normalized spacial score (nSPS) is 11.3. The third-order valence-corrected chi connectivity index (χ3v) is 5.65. The van der Waals surface area contributed by atoms with Crippen LogP contribution in [-0.4, -0.2) is 13.3 Å². The van der Waals surface area contributed by atoms with Crippen molar-refractivity contribution in [2.75, 3.05) is 10.5 Å². The van der Waals surface area contributed by atoms with Gasteiger partial charge in [0, 0.05) is 6.07 Å². The van der Waals surface area contributed by atoms with E-state index in [1.807, 2.05) is 6.92 Å². The van der Waals surface area contributed by atoms with E-state index in [-0.39, 0.29) is 19.9 Å². The molecule has 3 N–H and O–H groups in total. The number of hydrogen-bond acceptors (Lipinski definition) is 6. The first-order chi connectivity index (χ1) is 9.70. The first-order valence-corrected chi connectivity index (χ1v) is 8.21. The summed E-state index contributed by atoms with van der Waals surface area (Å²) in [7, 11) is -3.98. The van der Waals surface area contributed by atoms with Crippen LogP contribution >= 0.6 is 22.9 Å². The van der Waals surface area contributed by atoms with Crippen LogP contribution in [-0.2, 0) is 10.0 Å². The molecule has 0 unspecified atom stereocenters. The third kappa shape index (κ3) is 3.26. The lowest BCUT2D eigenvalue weighted by molar-refractivity contribution is -0.383. The molecule has 0 amide bonds. The summed E-state index contributed by atoms with van der Waals surface area (Å²) < 4.78 is 26.4. The van der Waals surface area contributed by atoms with Gasteiger partial charge in [-0.05, 0) is 24.6 Å². The van der Waals surface area contributed by atoms with Crippen LogP contribution < -0.4 is 10.5 Å². The van der Waals surface area contributed by atoms with Crippen LogP contribution in [0, 0.1) is 17.0 Å². The van der Waals surface area contributed by atoms with Crippen LogP contribution in [0.15, 0.2) is 28.5 Å². The molecule has 0 saturated carbocycles. The fourth-order valence-electron chi connectivity index (χ4n) is 1.55. The van der Waals surface area contributed by atoms with Crippen molar-refractivity contribution in [2.24, 2.45) is 0 Å². The van der Waals surface area contributed by atoms with Crippen LogP contribution in [0.4, 0.5) is 16.4 Å². The second-order valence-corrected chi connectivity index (χ2v) is 7.56. The smallest absolute Gasteiger partial charge is 0.304 e. The number of thiophene rings is 1. The Hall–Kier alpha value is -1.84. The van der Waals surface area contributed by atoms with Crippen LogP contribution in [0.3, 0.4) is 0 Å². The Kier molecular flexibility index (Phi) is 4.08. The Bertz CT molecular complexity index is 817. The summed E-state index contributed by atoms with van der Waals surface area (Å²) >= 11 is 6.57. The fourth-order valence-corrected chi connectivity index (χ4v) is 4.18. The molecule has 1 aromatic heterocycles. The van der Waals surface area contributed by atoms with Crippen LogP contribution in [0.25, 0.3) is 0 Å². The first-order valence-electron chi connectivity index (χ1n) is 5.53. The van der Waals surface area contributed by atoms with Gasteiger partial charge in [-0.3, -0.25) is 14.8 Å². The van der Waals surface area contributed by atoms with Crippen molar-refractivity contribution in [1.82, 2.24) is 0 Å². The van der Waals surface area contributed by atoms with E-state index >= 15 is 0 Å². The van der Waals surface area contributed by atoms with Gasteiger partial charge in [0.15, 0.2) is 5.00 Å². The number of benzene rings is 1. The highest BCUT2D eigenvalue weighted by Crippen LogP contribution is 2.35. The number of rotatable bonds is 4. The lowest BCUT2D eigenvalue weighted by atomic mass is 10.2. The van der Waals surface area contributed by atoms with Gasteiger partial charge in [-0.2, -0.15) is 0 Å². The molecule has 2 aromatic rings. The molecule has 1 aromatic carbocycles. The zero-order valence-corrected chi connectivity index (χ0v) is 13.1. The summed E-state index contributed by atoms with van der Waals surface area (Å²) in [6.07, 6.45) is 0. The van der Waals surface area contributed by atoms with Crippen molar-refractivity contribution in [3.63, 3.8) is 0 Å². The highest BCUT2D eigenvalue weighted by atomic mass is 35.5. The van der Waals surface area contributed by atoms with Crippen molar-refractivity contribution >= 4 is 49.3 Å². The van der Waals surface area contributed by atoms with E-state index in [1.54, 1.807) is 12.1 Å². The summed E-state index contributed by atoms with van der Waals surface area (Å²) in [6, 6.07) is 5.73. The molecule has 0 aliphatic carbocycles. The van der Waals surface area contributed by atoms with E-state index in [4.69, 9.17) is 17.3 Å². The number of anilines is 2. The van der Waals surface area contributed by atoms with Crippen LogP contribution in [0.5, 0.6) is 0 Å². The molecular formula is C11H10ClN3O4S2. The highest BCUT2D eigenvalue weighted by Gasteiger charge is 2.25. The second kappa shape index (κ2) is 5.51. The quantitative estimate of drug-likeness (QED) is 0.651. The zero-order chi connectivity index (χ0) is 15.8. The molecule has 1 heterocycles. The van der Waals surface area contributed by atoms with Gasteiger partial charge in [-0.1, -0.05) is 29.0 Å². The number of nitrogens with one attached hydrogen (secondary N) is 1. The Labute approximate surface area is 129 Å². The molecule has 0 atom stereocenters. The lowest BCUT2D eigenvalue weighted by Gasteiger charge is -2.08. The Morgan fingerprint density at radius 3 is 2.57 bits per heavy atom. The summed E-state index contributed by atoms with van der Waals surface area (Å²) in [4.78, 5) is 9.98. The van der Waals surface area contributed by atoms with Crippen molar-refractivity contribution in [1.29, 1.82) is 0 Å². The van der Waals surface area contributed by atoms with E-state index in [2.05, 4.69) is 4.72 Å². The summed E-state index contributed by atoms with van der Waals surface area (Å²) in [5, 5.41) is 10.8. The van der Waals surface area contributed by atoms with Gasteiger partial charge < -0.3 is 5.73 Å². The molecular weight excluding hydrogens is 338 g/mol. The summed E-state index contributed by atoms with van der Waals surface area (Å²) in [5.74, 6) is 0. The number of sulfonamides is 1. The number of hydrogen-bond donors (Lipinski definition) is 2. The number of halogens is 1. The van der Waals surface area contributed by atoms with Crippen molar-refractivity contribution < 1.29 is 13.3 Å². The summed E-state index contributed by atoms with van der Waals surface area (Å²) in [5.41, 5.74) is 6.07. The van der Waals surface area contributed by atoms with E-state index in [1.165, 1.54) is 6.07 Å². The van der Waals surface area contributed by atoms with Gasteiger partial charge in [-0.15, -0.1) is 0 Å². The Morgan fingerprint density at radius 2 is 2.05 bits per heavy atom. The minimum atomic E-state index is -3.98. The molecule has 0 aliphatic heterocycles. The van der Waals surface area contributed by atoms with E-state index in [0.29, 0.717) is 11.3 Å². The largest absolute Gasteiger partial charge is 0.385 e. The number of nitrogens with two attached hydrogens (primary N) is 1. The molecule has 0 spiro atoms. The van der Waals surface area contributed by atoms with Gasteiger partial charge in [-0.25, -0.2) is 8.42 Å². The van der Waals surface area contributed by atoms with Gasteiger partial charge in [0.1, 0.15) is 4.21 Å². The van der Waals surface area contributed by atoms with Gasteiger partial charge in [0.25, 0.3) is 10.0 Å². The molecule has 0 radical (unpaired) electrons. The average Bonchev–Trinajstić information content (AvgIpc) is 2.76. The second-order valence-electron chi connectivity index (χ2n) is 4.16. The maximum Gasteiger partial charge on any atom is 0.304 e. The minimum absolute atomic E-state index is 0.171. The topological polar surface area (TPSA) is 115 Å². The molecule has 10 heteroatoms. The average molecular weight is 348 g/mol. The number of aryl methyl sites for hydroxylation is 1. The standard InChI is InChI=1S/C11H10ClN3O4S2/c1-6-2-3-8(7(12)4-6)14-21(18,19)10-5-9(15(16)17)11(13)20-10/h2-5,14H,13H2,1H3. The molecule has 0 bridgehead atoms. The molecule has 7 nitrogen and oxygen atoms in total. The maximum absolute atomic E-state index is 12.2. The fraction of sp³-hybridized carbons (Fsp3) is 0.0909. The number of nitrogens with zero attached hydrogens (tertiary/aromatic N) is 1. The summed E-state index contributed by atoms with van der Waals surface area (Å²) in [6.45, 7) is 1.81. The van der Waals surface area contributed by atoms with Gasteiger partial charge in [0.2, 0.25) is 0 Å². The highest BCUT2D eigenvalue weighted by molar-refractivity contribution is 7.94.